The fourth-order valence-electron chi connectivity index (χ4n) is 0.705. The van der Waals surface area contributed by atoms with E-state index >= 15 is 0 Å². The van der Waals surface area contributed by atoms with Gasteiger partial charge in [0.05, 0.1) is 0 Å². The molecule has 0 N–H and O–H groups in total. The molecule has 62 valence electrons. The Morgan fingerprint density at radius 1 is 1.00 bits per heavy atom. The van der Waals surface area contributed by atoms with Crippen LogP contribution in [0.4, 0.5) is 0 Å². The lowest BCUT2D eigenvalue weighted by Gasteiger charge is -1.97. The Kier molecular flexibility index (Phi) is 5.56. The van der Waals surface area contributed by atoms with Gasteiger partial charge in [0.15, 0.2) is 0 Å². The number of aryl methyl sites for hydroxylation is 2. The number of hydrogen-bond donors (Lipinski definition) is 0. The molecule has 0 radical (unpaired) electrons. The van der Waals surface area contributed by atoms with Gasteiger partial charge in [0, 0.05) is 3.57 Å². The van der Waals surface area contributed by atoms with Crippen LogP contribution in [0.25, 0.3) is 0 Å². The predicted octanol–water partition coefficient (Wildman–Crippen LogP) is 3.93. The Bertz CT molecular complexity index is 216. The monoisotopic (exact) mass is 262 g/mol. The highest BCUT2D eigenvalue weighted by Crippen LogP contribution is 2.10. The maximum absolute atomic E-state index is 2.32. The molecule has 0 aliphatic heterocycles. The van der Waals surface area contributed by atoms with Crippen LogP contribution in [0, 0.1) is 17.4 Å². The van der Waals surface area contributed by atoms with Crippen molar-refractivity contribution in [2.75, 3.05) is 0 Å². The molecule has 0 nitrogen and oxygen atoms in total. The predicted molar refractivity (Wildman–Crippen MR) is 60.0 cm³/mol. The van der Waals surface area contributed by atoms with Gasteiger partial charge in [0.1, 0.15) is 0 Å². The van der Waals surface area contributed by atoms with Crippen LogP contribution >= 0.6 is 22.6 Å². The summed E-state index contributed by atoms with van der Waals surface area (Å²) in [4.78, 5) is 0. The van der Waals surface area contributed by atoms with E-state index in [0.29, 0.717) is 0 Å². The van der Waals surface area contributed by atoms with Crippen molar-refractivity contribution in [3.05, 3.63) is 32.9 Å². The van der Waals surface area contributed by atoms with Gasteiger partial charge in [-0.3, -0.25) is 0 Å². The van der Waals surface area contributed by atoms with Crippen LogP contribution in [0.15, 0.2) is 18.2 Å². The molecule has 11 heavy (non-hydrogen) atoms. The molecule has 0 aliphatic rings. The van der Waals surface area contributed by atoms with E-state index in [0.717, 1.165) is 0 Å². The van der Waals surface area contributed by atoms with E-state index in [1.54, 1.807) is 0 Å². The lowest BCUT2D eigenvalue weighted by molar-refractivity contribution is 1.33. The van der Waals surface area contributed by atoms with Gasteiger partial charge in [-0.05, 0) is 59.7 Å². The summed E-state index contributed by atoms with van der Waals surface area (Å²) in [5.41, 5.74) is 2.75. The molecule has 0 heterocycles. The first kappa shape index (κ1) is 11.0. The fraction of sp³-hybridized carbons (Fsp3) is 0.400. The van der Waals surface area contributed by atoms with Gasteiger partial charge in [-0.25, -0.2) is 0 Å². The average molecular weight is 262 g/mol. The first-order valence-corrected chi connectivity index (χ1v) is 5.01. The second-order valence-electron chi connectivity index (χ2n) is 2.23. The van der Waals surface area contributed by atoms with Crippen molar-refractivity contribution in [1.82, 2.24) is 0 Å². The van der Waals surface area contributed by atoms with Crippen molar-refractivity contribution in [2.24, 2.45) is 0 Å². The molecule has 0 fully saturated rings. The van der Waals surface area contributed by atoms with Crippen LogP contribution in [0.5, 0.6) is 0 Å². The number of halogens is 1. The summed E-state index contributed by atoms with van der Waals surface area (Å²) in [7, 11) is 0. The molecule has 1 rings (SSSR count). The lowest BCUT2D eigenvalue weighted by Crippen LogP contribution is -1.79. The van der Waals surface area contributed by atoms with Crippen LogP contribution in [-0.2, 0) is 0 Å². The van der Waals surface area contributed by atoms with Crippen molar-refractivity contribution in [2.45, 2.75) is 27.7 Å². The van der Waals surface area contributed by atoms with E-state index in [4.69, 9.17) is 0 Å². The van der Waals surface area contributed by atoms with Crippen LogP contribution in [0.2, 0.25) is 0 Å². The first-order chi connectivity index (χ1) is 5.20. The minimum Gasteiger partial charge on any atom is -0.0683 e. The molecule has 1 aromatic rings. The largest absolute Gasteiger partial charge is 0.0683 e. The molecule has 1 heteroatoms. The summed E-state index contributed by atoms with van der Waals surface area (Å²) in [6, 6.07) is 6.47. The molecule has 0 unspecified atom stereocenters. The Balaban J connectivity index is 0.000000461. The van der Waals surface area contributed by atoms with E-state index in [1.165, 1.54) is 14.7 Å². The van der Waals surface area contributed by atoms with Crippen molar-refractivity contribution in [1.29, 1.82) is 0 Å². The van der Waals surface area contributed by atoms with Gasteiger partial charge in [-0.1, -0.05) is 19.9 Å². The lowest BCUT2D eigenvalue weighted by atomic mass is 10.1. The molecular formula is C10H15I. The SMILES string of the molecule is CC.Cc1ccc(I)cc1C. The van der Waals surface area contributed by atoms with E-state index in [1.807, 2.05) is 13.8 Å². The van der Waals surface area contributed by atoms with E-state index in [2.05, 4.69) is 54.6 Å². The topological polar surface area (TPSA) is 0 Å². The quantitative estimate of drug-likeness (QED) is 0.621. The minimum absolute atomic E-state index is 1.32. The molecule has 0 spiro atoms. The van der Waals surface area contributed by atoms with Crippen LogP contribution < -0.4 is 0 Å². The molecule has 0 bridgehead atoms. The fourth-order valence-corrected chi connectivity index (χ4v) is 1.35. The maximum Gasteiger partial charge on any atom is 0.0133 e. The minimum atomic E-state index is 1.32. The van der Waals surface area contributed by atoms with Crippen LogP contribution in [-0.4, -0.2) is 0 Å². The third-order valence-electron chi connectivity index (χ3n) is 1.47. The average Bonchev–Trinajstić information content (AvgIpc) is 2.02. The third-order valence-corrected chi connectivity index (χ3v) is 2.14. The highest BCUT2D eigenvalue weighted by atomic mass is 127. The Morgan fingerprint density at radius 3 is 1.91 bits per heavy atom. The van der Waals surface area contributed by atoms with Gasteiger partial charge in [-0.2, -0.15) is 0 Å². The highest BCUT2D eigenvalue weighted by molar-refractivity contribution is 14.1. The maximum atomic E-state index is 2.32. The molecule has 0 aromatic heterocycles. The summed E-state index contributed by atoms with van der Waals surface area (Å²) in [5.74, 6) is 0. The summed E-state index contributed by atoms with van der Waals surface area (Å²) in [6.07, 6.45) is 0. The molecule has 0 amide bonds. The molecule has 0 aliphatic carbocycles. The van der Waals surface area contributed by atoms with Crippen molar-refractivity contribution in [3.8, 4) is 0 Å². The summed E-state index contributed by atoms with van der Waals surface area (Å²) in [5, 5.41) is 0. The highest BCUT2D eigenvalue weighted by Gasteiger charge is 1.90. The zero-order valence-electron chi connectivity index (χ0n) is 7.61. The summed E-state index contributed by atoms with van der Waals surface area (Å²) < 4.78 is 1.32. The summed E-state index contributed by atoms with van der Waals surface area (Å²) in [6.45, 7) is 8.27. The van der Waals surface area contributed by atoms with Gasteiger partial charge in [0.25, 0.3) is 0 Å². The summed E-state index contributed by atoms with van der Waals surface area (Å²) >= 11 is 2.32. The van der Waals surface area contributed by atoms with E-state index < -0.39 is 0 Å². The Morgan fingerprint density at radius 2 is 1.55 bits per heavy atom. The Hall–Kier alpha value is -0.0500. The van der Waals surface area contributed by atoms with Gasteiger partial charge < -0.3 is 0 Å². The standard InChI is InChI=1S/C8H9I.C2H6/c1-6-3-4-8(9)5-7(6)2;1-2/h3-5H,1-2H3;1-2H3. The molecule has 0 saturated heterocycles. The zero-order valence-corrected chi connectivity index (χ0v) is 9.77. The van der Waals surface area contributed by atoms with Gasteiger partial charge in [0.2, 0.25) is 0 Å². The molecule has 1 aromatic carbocycles. The van der Waals surface area contributed by atoms with Crippen molar-refractivity contribution in [3.63, 3.8) is 0 Å². The smallest absolute Gasteiger partial charge is 0.0133 e. The zero-order chi connectivity index (χ0) is 8.85. The number of benzene rings is 1. The van der Waals surface area contributed by atoms with Crippen molar-refractivity contribution >= 4 is 22.6 Å². The second kappa shape index (κ2) is 5.58. The number of rotatable bonds is 0. The molecular weight excluding hydrogens is 247 g/mol. The number of hydrogen-bond acceptors (Lipinski definition) is 0. The molecule has 0 saturated carbocycles. The first-order valence-electron chi connectivity index (χ1n) is 3.93. The van der Waals surface area contributed by atoms with E-state index in [9.17, 15) is 0 Å². The third kappa shape index (κ3) is 3.75. The van der Waals surface area contributed by atoms with E-state index in [-0.39, 0.29) is 0 Å². The molecule has 0 atom stereocenters. The second-order valence-corrected chi connectivity index (χ2v) is 3.47. The Labute approximate surface area is 83.2 Å². The normalized spacial score (nSPS) is 8.45. The van der Waals surface area contributed by atoms with Gasteiger partial charge in [-0.15, -0.1) is 0 Å². The van der Waals surface area contributed by atoms with Gasteiger partial charge >= 0.3 is 0 Å². The van der Waals surface area contributed by atoms with Crippen LogP contribution in [0.3, 0.4) is 0 Å². The van der Waals surface area contributed by atoms with Crippen molar-refractivity contribution < 1.29 is 0 Å². The van der Waals surface area contributed by atoms with Crippen LogP contribution in [0.1, 0.15) is 25.0 Å².